The minimum atomic E-state index is -1.74. The molecule has 0 saturated carbocycles. The van der Waals surface area contributed by atoms with E-state index in [9.17, 15) is 14.0 Å². The molecule has 23 heavy (non-hydrogen) atoms. The monoisotopic (exact) mass is 324 g/mol. The maximum atomic E-state index is 13.7. The molecule has 1 aromatic rings. The van der Waals surface area contributed by atoms with Gasteiger partial charge in [-0.25, -0.2) is 9.18 Å². The van der Waals surface area contributed by atoms with Gasteiger partial charge < -0.3 is 14.8 Å². The molecule has 1 fully saturated rings. The highest BCUT2D eigenvalue weighted by atomic mass is 19.1. The number of likely N-dealkylation sites (tertiary alicyclic amines) is 1. The summed E-state index contributed by atoms with van der Waals surface area (Å²) in [6.07, 6.45) is -0.320. The second-order valence-corrected chi connectivity index (χ2v) is 5.36. The van der Waals surface area contributed by atoms with Crippen LogP contribution in [0.15, 0.2) is 24.3 Å². The van der Waals surface area contributed by atoms with Crippen LogP contribution >= 0.6 is 0 Å². The molecule has 1 aromatic carbocycles. The molecule has 0 aliphatic carbocycles. The fourth-order valence-electron chi connectivity index (χ4n) is 2.65. The van der Waals surface area contributed by atoms with E-state index in [1.165, 1.54) is 0 Å². The van der Waals surface area contributed by atoms with Gasteiger partial charge in [0, 0.05) is 12.2 Å². The summed E-state index contributed by atoms with van der Waals surface area (Å²) in [6.45, 7) is 0.450. The number of amides is 1. The minimum Gasteiger partial charge on any atom is -0.497 e. The number of hydrogen-bond donors (Lipinski definition) is 1. The first kappa shape index (κ1) is 17.2. The Morgan fingerprint density at radius 1 is 1.35 bits per heavy atom. The third-order valence-electron chi connectivity index (χ3n) is 3.88. The van der Waals surface area contributed by atoms with E-state index >= 15 is 0 Å². The van der Waals surface area contributed by atoms with Gasteiger partial charge in [-0.05, 0) is 43.7 Å². The number of benzene rings is 1. The lowest BCUT2D eigenvalue weighted by Gasteiger charge is -2.24. The number of anilines is 1. The van der Waals surface area contributed by atoms with Gasteiger partial charge >= 0.3 is 5.97 Å². The van der Waals surface area contributed by atoms with Crippen LogP contribution in [0.1, 0.15) is 12.8 Å². The Morgan fingerprint density at radius 3 is 2.65 bits per heavy atom. The first-order valence-corrected chi connectivity index (χ1v) is 7.46. The molecular formula is C16H21FN2O4. The predicted molar refractivity (Wildman–Crippen MR) is 83.1 cm³/mol. The summed E-state index contributed by atoms with van der Waals surface area (Å²) >= 11 is 0. The normalized spacial score (nSPS) is 19.2. The molecule has 1 N–H and O–H groups in total. The Bertz CT molecular complexity index is 550. The van der Waals surface area contributed by atoms with E-state index in [4.69, 9.17) is 4.74 Å². The first-order chi connectivity index (χ1) is 11.0. The van der Waals surface area contributed by atoms with Crippen LogP contribution in [0.4, 0.5) is 10.1 Å². The van der Waals surface area contributed by atoms with E-state index in [2.05, 4.69) is 10.1 Å². The van der Waals surface area contributed by atoms with E-state index in [0.717, 1.165) is 13.5 Å². The number of hydrogen-bond acceptors (Lipinski definition) is 5. The Morgan fingerprint density at radius 2 is 2.04 bits per heavy atom. The molecule has 0 bridgehead atoms. The van der Waals surface area contributed by atoms with Crippen molar-refractivity contribution in [3.8, 4) is 5.75 Å². The molecule has 0 spiro atoms. The molecule has 1 aliphatic rings. The fraction of sp³-hybridized carbons (Fsp3) is 0.500. The van der Waals surface area contributed by atoms with Crippen molar-refractivity contribution in [1.82, 2.24) is 4.90 Å². The summed E-state index contributed by atoms with van der Waals surface area (Å²) < 4.78 is 23.2. The second-order valence-electron chi connectivity index (χ2n) is 5.36. The minimum absolute atomic E-state index is 0.132. The molecular weight excluding hydrogens is 303 g/mol. The molecule has 2 atom stereocenters. The zero-order valence-corrected chi connectivity index (χ0v) is 13.3. The maximum absolute atomic E-state index is 13.7. The molecule has 1 aliphatic heterocycles. The van der Waals surface area contributed by atoms with E-state index in [1.807, 2.05) is 0 Å². The number of carbonyl (C=O) groups is 2. The third kappa shape index (κ3) is 4.41. The van der Waals surface area contributed by atoms with Crippen LogP contribution in [-0.4, -0.2) is 56.3 Å². The van der Waals surface area contributed by atoms with Gasteiger partial charge in [0.25, 0.3) is 0 Å². The summed E-state index contributed by atoms with van der Waals surface area (Å²) in [7, 11) is 2.71. The van der Waals surface area contributed by atoms with Crippen molar-refractivity contribution < 1.29 is 23.5 Å². The average molecular weight is 324 g/mol. The van der Waals surface area contributed by atoms with Crippen LogP contribution in [0, 0.1) is 0 Å². The highest BCUT2D eigenvalue weighted by Gasteiger charge is 2.34. The lowest BCUT2D eigenvalue weighted by Crippen LogP contribution is -2.44. The van der Waals surface area contributed by atoms with Gasteiger partial charge in [-0.3, -0.25) is 9.69 Å². The van der Waals surface area contributed by atoms with Crippen molar-refractivity contribution in [2.45, 2.75) is 25.1 Å². The zero-order valence-electron chi connectivity index (χ0n) is 13.3. The van der Waals surface area contributed by atoms with Gasteiger partial charge in [-0.2, -0.15) is 0 Å². The van der Waals surface area contributed by atoms with Crippen molar-refractivity contribution in [2.75, 3.05) is 32.6 Å². The number of rotatable bonds is 6. The van der Waals surface area contributed by atoms with Crippen molar-refractivity contribution in [2.24, 2.45) is 0 Å². The second kappa shape index (κ2) is 7.92. The highest BCUT2D eigenvalue weighted by Crippen LogP contribution is 2.21. The molecule has 1 saturated heterocycles. The molecule has 0 aromatic heterocycles. The molecule has 1 amide bonds. The molecule has 126 valence electrons. The Balaban J connectivity index is 1.95. The van der Waals surface area contributed by atoms with Crippen LogP contribution in [-0.2, 0) is 14.3 Å². The summed E-state index contributed by atoms with van der Waals surface area (Å²) in [4.78, 5) is 25.3. The molecule has 1 heterocycles. The number of nitrogens with one attached hydrogen (secondary N) is 1. The molecule has 0 radical (unpaired) electrons. The summed E-state index contributed by atoms with van der Waals surface area (Å²) in [5, 5.41) is 2.81. The number of halogens is 1. The van der Waals surface area contributed by atoms with Crippen LogP contribution in [0.5, 0.6) is 5.75 Å². The van der Waals surface area contributed by atoms with Crippen LogP contribution in [0.25, 0.3) is 0 Å². The standard InChI is InChI=1S/C16H21FN2O4/c1-22-12-7-5-11(6-8-12)18-15(20)14-4-3-9-19(14)10-13(17)16(21)23-2/h5-8,13-14H,3-4,9-10H2,1-2H3,(H,18,20)/t13-,14+/m1/s1. The Hall–Kier alpha value is -2.15. The number of ether oxygens (including phenoxy) is 2. The predicted octanol–water partition coefficient (Wildman–Crippen LogP) is 1.61. The lowest BCUT2D eigenvalue weighted by atomic mass is 10.2. The first-order valence-electron chi connectivity index (χ1n) is 7.46. The van der Waals surface area contributed by atoms with Gasteiger partial charge in [0.2, 0.25) is 12.1 Å². The van der Waals surface area contributed by atoms with Crippen molar-refractivity contribution in [3.63, 3.8) is 0 Å². The van der Waals surface area contributed by atoms with E-state index in [0.29, 0.717) is 24.4 Å². The van der Waals surface area contributed by atoms with Gasteiger partial charge in [0.1, 0.15) is 5.75 Å². The molecule has 2 rings (SSSR count). The Kier molecular flexibility index (Phi) is 5.92. The number of esters is 1. The van der Waals surface area contributed by atoms with E-state index in [-0.39, 0.29) is 12.5 Å². The van der Waals surface area contributed by atoms with Crippen LogP contribution in [0.3, 0.4) is 0 Å². The van der Waals surface area contributed by atoms with Crippen LogP contribution in [0.2, 0.25) is 0 Å². The van der Waals surface area contributed by atoms with Crippen molar-refractivity contribution >= 4 is 17.6 Å². The quantitative estimate of drug-likeness (QED) is 0.805. The van der Waals surface area contributed by atoms with Gasteiger partial charge in [0.05, 0.1) is 20.3 Å². The Labute approximate surface area is 134 Å². The lowest BCUT2D eigenvalue weighted by molar-refractivity contribution is -0.147. The summed E-state index contributed by atoms with van der Waals surface area (Å²) in [5.41, 5.74) is 0.646. The van der Waals surface area contributed by atoms with Gasteiger partial charge in [0.15, 0.2) is 0 Å². The third-order valence-corrected chi connectivity index (χ3v) is 3.88. The van der Waals surface area contributed by atoms with E-state index < -0.39 is 18.2 Å². The zero-order chi connectivity index (χ0) is 16.8. The smallest absolute Gasteiger partial charge is 0.341 e. The van der Waals surface area contributed by atoms with Gasteiger partial charge in [-0.15, -0.1) is 0 Å². The number of alkyl halides is 1. The van der Waals surface area contributed by atoms with Crippen molar-refractivity contribution in [1.29, 1.82) is 0 Å². The highest BCUT2D eigenvalue weighted by molar-refractivity contribution is 5.95. The number of methoxy groups -OCH3 is 2. The average Bonchev–Trinajstić information content (AvgIpc) is 3.02. The largest absolute Gasteiger partial charge is 0.497 e. The summed E-state index contributed by atoms with van der Waals surface area (Å²) in [6, 6.07) is 6.53. The summed E-state index contributed by atoms with van der Waals surface area (Å²) in [5.74, 6) is -0.417. The molecule has 0 unspecified atom stereocenters. The SMILES string of the molecule is COC(=O)[C@H](F)CN1CCC[C@H]1C(=O)Nc1ccc(OC)cc1. The van der Waals surface area contributed by atoms with Crippen LogP contribution < -0.4 is 10.1 Å². The maximum Gasteiger partial charge on any atom is 0.341 e. The van der Waals surface area contributed by atoms with Crippen molar-refractivity contribution in [3.05, 3.63) is 24.3 Å². The van der Waals surface area contributed by atoms with Gasteiger partial charge in [-0.1, -0.05) is 0 Å². The van der Waals surface area contributed by atoms with E-state index in [1.54, 1.807) is 36.3 Å². The number of nitrogens with zero attached hydrogens (tertiary/aromatic N) is 1. The number of carbonyl (C=O) groups excluding carboxylic acids is 2. The molecule has 6 nitrogen and oxygen atoms in total. The topological polar surface area (TPSA) is 67.9 Å². The molecule has 7 heteroatoms. The fourth-order valence-corrected chi connectivity index (χ4v) is 2.65.